The molecular weight excluding hydrogens is 556 g/mol. The lowest BCUT2D eigenvalue weighted by Crippen LogP contribution is -2.17. The maximum Gasteiger partial charge on any atom is 0.343 e. The molecule has 1 amide bonds. The largest absolute Gasteiger partial charge is 0.489 e. The van der Waals surface area contributed by atoms with Crippen molar-refractivity contribution in [1.82, 2.24) is 5.43 Å². The molecule has 0 aromatic heterocycles. The molecule has 0 aliphatic heterocycles. The summed E-state index contributed by atoms with van der Waals surface area (Å²) in [7, 11) is 0. The van der Waals surface area contributed by atoms with E-state index in [0.717, 1.165) is 15.6 Å². The lowest BCUT2D eigenvalue weighted by atomic mass is 10.1. The van der Waals surface area contributed by atoms with Crippen LogP contribution in [0.5, 0.6) is 11.5 Å². The lowest BCUT2D eigenvalue weighted by Gasteiger charge is -2.09. The molecule has 4 aromatic rings. The molecule has 6 nitrogen and oxygen atoms in total. The van der Waals surface area contributed by atoms with Crippen molar-refractivity contribution in [2.75, 3.05) is 0 Å². The third-order valence-corrected chi connectivity index (χ3v) is 5.98. The Hall–Kier alpha value is -3.94. The fourth-order valence-electron chi connectivity index (χ4n) is 3.32. The molecule has 0 saturated carbocycles. The third-order valence-electron chi connectivity index (χ3n) is 5.23. The molecule has 0 unspecified atom stereocenters. The average molecular weight is 578 g/mol. The minimum Gasteiger partial charge on any atom is -0.489 e. The SMILES string of the molecule is Cc1cccc(C(=O)Oc2ccc(Br)cc2/C=N/NC(=O)c2ccc(OCc3ccc(Cl)cc3)cc2)c1. The molecule has 8 heteroatoms. The van der Waals surface area contributed by atoms with Gasteiger partial charge in [0.1, 0.15) is 18.1 Å². The monoisotopic (exact) mass is 576 g/mol. The zero-order chi connectivity index (χ0) is 26.2. The van der Waals surface area contributed by atoms with Crippen LogP contribution in [0.15, 0.2) is 101 Å². The van der Waals surface area contributed by atoms with Gasteiger partial charge in [-0.2, -0.15) is 5.10 Å². The first kappa shape index (κ1) is 26.1. The van der Waals surface area contributed by atoms with E-state index in [1.54, 1.807) is 72.8 Å². The number of nitrogens with one attached hydrogen (secondary N) is 1. The Labute approximate surface area is 228 Å². The Morgan fingerprint density at radius 2 is 1.70 bits per heavy atom. The van der Waals surface area contributed by atoms with Gasteiger partial charge in [-0.3, -0.25) is 4.79 Å². The Bertz CT molecular complexity index is 1440. The quantitative estimate of drug-likeness (QED) is 0.106. The summed E-state index contributed by atoms with van der Waals surface area (Å²) >= 11 is 9.30. The van der Waals surface area contributed by atoms with Crippen molar-refractivity contribution in [3.8, 4) is 11.5 Å². The number of aryl methyl sites for hydroxylation is 1. The van der Waals surface area contributed by atoms with E-state index in [0.29, 0.717) is 39.8 Å². The molecule has 4 aromatic carbocycles. The van der Waals surface area contributed by atoms with Crippen LogP contribution in [0.1, 0.15) is 37.4 Å². The summed E-state index contributed by atoms with van der Waals surface area (Å²) < 4.78 is 12.1. The molecule has 0 aliphatic rings. The van der Waals surface area contributed by atoms with E-state index in [9.17, 15) is 9.59 Å². The minimum absolute atomic E-state index is 0.315. The number of hydrogen-bond donors (Lipinski definition) is 1. The maximum absolute atomic E-state index is 12.6. The van der Waals surface area contributed by atoms with Gasteiger partial charge >= 0.3 is 5.97 Å². The second kappa shape index (κ2) is 12.3. The third kappa shape index (κ3) is 7.52. The van der Waals surface area contributed by atoms with Crippen LogP contribution in [0.2, 0.25) is 5.02 Å². The molecular formula is C29H22BrClN2O4. The van der Waals surface area contributed by atoms with Crippen molar-refractivity contribution in [2.45, 2.75) is 13.5 Å². The first-order chi connectivity index (χ1) is 17.9. The first-order valence-corrected chi connectivity index (χ1v) is 12.4. The molecule has 4 rings (SSSR count). The molecule has 0 bridgehead atoms. The zero-order valence-electron chi connectivity index (χ0n) is 19.8. The first-order valence-electron chi connectivity index (χ1n) is 11.3. The topological polar surface area (TPSA) is 77.0 Å². The van der Waals surface area contributed by atoms with Crippen LogP contribution in [0, 0.1) is 6.92 Å². The number of nitrogens with zero attached hydrogens (tertiary/aromatic N) is 1. The summed E-state index contributed by atoms with van der Waals surface area (Å²) in [6, 6.07) is 26.4. The van der Waals surface area contributed by atoms with Gasteiger partial charge in [0.15, 0.2) is 0 Å². The van der Waals surface area contributed by atoms with Crippen LogP contribution >= 0.6 is 27.5 Å². The number of ether oxygens (including phenoxy) is 2. The van der Waals surface area contributed by atoms with Crippen LogP contribution in [0.4, 0.5) is 0 Å². The Balaban J connectivity index is 1.36. The predicted octanol–water partition coefficient (Wildman–Crippen LogP) is 6.97. The van der Waals surface area contributed by atoms with E-state index < -0.39 is 11.9 Å². The van der Waals surface area contributed by atoms with Crippen molar-refractivity contribution in [3.63, 3.8) is 0 Å². The van der Waals surface area contributed by atoms with E-state index in [-0.39, 0.29) is 0 Å². The molecule has 0 fully saturated rings. The normalized spacial score (nSPS) is 10.8. The number of amides is 1. The number of benzene rings is 4. The van der Waals surface area contributed by atoms with E-state index in [1.807, 2.05) is 25.1 Å². The number of carbonyl (C=O) groups excluding carboxylic acids is 2. The van der Waals surface area contributed by atoms with Gasteiger partial charge in [-0.25, -0.2) is 10.2 Å². The van der Waals surface area contributed by atoms with Crippen molar-refractivity contribution in [3.05, 3.63) is 128 Å². The minimum atomic E-state index is -0.483. The van der Waals surface area contributed by atoms with E-state index in [2.05, 4.69) is 26.5 Å². The van der Waals surface area contributed by atoms with E-state index in [4.69, 9.17) is 21.1 Å². The second-order valence-electron chi connectivity index (χ2n) is 8.08. The summed E-state index contributed by atoms with van der Waals surface area (Å²) in [5, 5.41) is 4.71. The van der Waals surface area contributed by atoms with Gasteiger partial charge in [-0.05, 0) is 79.2 Å². The number of carbonyl (C=O) groups is 2. The van der Waals surface area contributed by atoms with Crippen molar-refractivity contribution >= 4 is 45.6 Å². The maximum atomic E-state index is 12.6. The fourth-order valence-corrected chi connectivity index (χ4v) is 3.82. The summed E-state index contributed by atoms with van der Waals surface area (Å²) in [6.07, 6.45) is 1.42. The fraction of sp³-hybridized carbons (Fsp3) is 0.0690. The van der Waals surface area contributed by atoms with Gasteiger partial charge in [-0.15, -0.1) is 0 Å². The van der Waals surface area contributed by atoms with E-state index in [1.165, 1.54) is 6.21 Å². The molecule has 186 valence electrons. The van der Waals surface area contributed by atoms with Crippen LogP contribution in [0.25, 0.3) is 0 Å². The molecule has 0 atom stereocenters. The van der Waals surface area contributed by atoms with Crippen molar-refractivity contribution in [2.24, 2.45) is 5.10 Å². The molecule has 0 saturated heterocycles. The van der Waals surface area contributed by atoms with Gasteiger partial charge in [0.25, 0.3) is 5.91 Å². The molecule has 0 aliphatic carbocycles. The van der Waals surface area contributed by atoms with Crippen molar-refractivity contribution < 1.29 is 19.1 Å². The molecule has 1 N–H and O–H groups in total. The highest BCUT2D eigenvalue weighted by molar-refractivity contribution is 9.10. The number of hydrogen-bond acceptors (Lipinski definition) is 5. The summed E-state index contributed by atoms with van der Waals surface area (Å²) in [5.74, 6) is 0.0657. The molecule has 0 spiro atoms. The van der Waals surface area contributed by atoms with Crippen LogP contribution in [-0.2, 0) is 6.61 Å². The highest BCUT2D eigenvalue weighted by atomic mass is 79.9. The van der Waals surface area contributed by atoms with E-state index >= 15 is 0 Å². The lowest BCUT2D eigenvalue weighted by molar-refractivity contribution is 0.0734. The highest BCUT2D eigenvalue weighted by Crippen LogP contribution is 2.23. The van der Waals surface area contributed by atoms with Gasteiger partial charge in [0.05, 0.1) is 11.8 Å². The number of rotatable bonds is 8. The zero-order valence-corrected chi connectivity index (χ0v) is 22.1. The van der Waals surface area contributed by atoms with Gasteiger partial charge < -0.3 is 9.47 Å². The number of hydrazone groups is 1. The average Bonchev–Trinajstić information content (AvgIpc) is 2.90. The van der Waals surface area contributed by atoms with Gasteiger partial charge in [-0.1, -0.05) is 57.4 Å². The van der Waals surface area contributed by atoms with Crippen LogP contribution in [-0.4, -0.2) is 18.1 Å². The predicted molar refractivity (Wildman–Crippen MR) is 148 cm³/mol. The number of halogens is 2. The second-order valence-corrected chi connectivity index (χ2v) is 9.43. The van der Waals surface area contributed by atoms with Crippen LogP contribution < -0.4 is 14.9 Å². The highest BCUT2D eigenvalue weighted by Gasteiger charge is 2.12. The van der Waals surface area contributed by atoms with Gasteiger partial charge in [0, 0.05) is 20.6 Å². The Morgan fingerprint density at radius 3 is 2.43 bits per heavy atom. The van der Waals surface area contributed by atoms with Crippen molar-refractivity contribution in [1.29, 1.82) is 0 Å². The summed E-state index contributed by atoms with van der Waals surface area (Å²) in [5.41, 5.74) is 5.80. The standard InChI is InChI=1S/C29H22BrClN2O4/c1-19-3-2-4-22(15-19)29(35)37-27-14-9-24(30)16-23(27)17-32-33-28(34)21-7-12-26(13-8-21)36-18-20-5-10-25(31)11-6-20/h2-17H,18H2,1H3,(H,33,34)/b32-17+. The Morgan fingerprint density at radius 1 is 0.946 bits per heavy atom. The molecule has 37 heavy (non-hydrogen) atoms. The molecule has 0 radical (unpaired) electrons. The van der Waals surface area contributed by atoms with Crippen LogP contribution in [0.3, 0.4) is 0 Å². The summed E-state index contributed by atoms with van der Waals surface area (Å²) in [4.78, 5) is 25.1. The van der Waals surface area contributed by atoms with Gasteiger partial charge in [0.2, 0.25) is 0 Å². The summed E-state index contributed by atoms with van der Waals surface area (Å²) in [6.45, 7) is 2.29. The number of esters is 1. The molecule has 0 heterocycles. The smallest absolute Gasteiger partial charge is 0.343 e. The Kier molecular flexibility index (Phi) is 8.72.